The molecule has 3 rings (SSSR count). The molecular formula is C13H5Cl2N3OS. The van der Waals surface area contributed by atoms with Crippen LogP contribution in [0.4, 0.5) is 0 Å². The molecule has 0 amide bonds. The van der Waals surface area contributed by atoms with Gasteiger partial charge in [0.25, 0.3) is 5.89 Å². The molecule has 0 unspecified atom stereocenters. The molecule has 0 aliphatic heterocycles. The van der Waals surface area contributed by atoms with Crippen molar-refractivity contribution in [1.82, 2.24) is 10.1 Å². The maximum atomic E-state index is 9.00. The molecule has 0 aliphatic rings. The van der Waals surface area contributed by atoms with Gasteiger partial charge in [0.05, 0.1) is 5.56 Å². The summed E-state index contributed by atoms with van der Waals surface area (Å²) in [5.41, 5.74) is 1.17. The fourth-order valence-electron chi connectivity index (χ4n) is 1.68. The van der Waals surface area contributed by atoms with Gasteiger partial charge in [-0.3, -0.25) is 0 Å². The van der Waals surface area contributed by atoms with Crippen LogP contribution in [-0.4, -0.2) is 10.1 Å². The van der Waals surface area contributed by atoms with Crippen molar-refractivity contribution in [2.45, 2.75) is 0 Å². The van der Waals surface area contributed by atoms with Crippen LogP contribution in [0.3, 0.4) is 0 Å². The average molecular weight is 322 g/mol. The summed E-state index contributed by atoms with van der Waals surface area (Å²) in [4.78, 5) is 4.93. The Kier molecular flexibility index (Phi) is 3.45. The van der Waals surface area contributed by atoms with Crippen molar-refractivity contribution in [3.05, 3.63) is 45.3 Å². The van der Waals surface area contributed by atoms with Gasteiger partial charge >= 0.3 is 0 Å². The van der Waals surface area contributed by atoms with Crippen molar-refractivity contribution in [1.29, 1.82) is 5.26 Å². The van der Waals surface area contributed by atoms with E-state index in [0.717, 1.165) is 0 Å². The van der Waals surface area contributed by atoms with Gasteiger partial charge in [-0.15, -0.1) is 11.3 Å². The Balaban J connectivity index is 2.04. The Labute approximate surface area is 128 Å². The molecule has 0 atom stereocenters. The molecule has 0 radical (unpaired) electrons. The third-order valence-corrected chi connectivity index (χ3v) is 3.87. The lowest BCUT2D eigenvalue weighted by atomic mass is 10.2. The van der Waals surface area contributed by atoms with Gasteiger partial charge in [-0.1, -0.05) is 28.4 Å². The minimum Gasteiger partial charge on any atom is -0.333 e. The maximum absolute atomic E-state index is 9.00. The summed E-state index contributed by atoms with van der Waals surface area (Å²) >= 11 is 13.3. The van der Waals surface area contributed by atoms with E-state index in [-0.39, 0.29) is 0 Å². The molecule has 0 aliphatic carbocycles. The highest BCUT2D eigenvalue weighted by Gasteiger charge is 2.16. The van der Waals surface area contributed by atoms with Gasteiger partial charge in [-0.05, 0) is 29.6 Å². The molecule has 0 N–H and O–H groups in total. The van der Waals surface area contributed by atoms with Crippen LogP contribution in [0.1, 0.15) is 5.56 Å². The highest BCUT2D eigenvalue weighted by atomic mass is 35.5. The number of hydrogen-bond donors (Lipinski definition) is 0. The molecule has 0 saturated heterocycles. The summed E-state index contributed by atoms with van der Waals surface area (Å²) in [5, 5.41) is 15.7. The molecule has 2 aromatic heterocycles. The molecule has 0 spiro atoms. The van der Waals surface area contributed by atoms with Crippen LogP contribution in [0.25, 0.3) is 22.2 Å². The van der Waals surface area contributed by atoms with E-state index in [1.807, 2.05) is 0 Å². The van der Waals surface area contributed by atoms with Gasteiger partial charge in [0.2, 0.25) is 5.82 Å². The van der Waals surface area contributed by atoms with E-state index in [9.17, 15) is 0 Å². The van der Waals surface area contributed by atoms with Crippen molar-refractivity contribution >= 4 is 34.5 Å². The molecule has 4 nitrogen and oxygen atoms in total. The molecule has 2 heterocycles. The van der Waals surface area contributed by atoms with Crippen LogP contribution in [0.5, 0.6) is 0 Å². The zero-order valence-electron chi connectivity index (χ0n) is 9.80. The van der Waals surface area contributed by atoms with Crippen molar-refractivity contribution in [3.63, 3.8) is 0 Å². The Morgan fingerprint density at radius 2 is 1.95 bits per heavy atom. The average Bonchev–Trinajstić information content (AvgIpc) is 3.06. The van der Waals surface area contributed by atoms with Crippen LogP contribution in [0.2, 0.25) is 10.0 Å². The molecule has 0 bridgehead atoms. The normalized spacial score (nSPS) is 10.4. The van der Waals surface area contributed by atoms with Gasteiger partial charge in [0.1, 0.15) is 10.9 Å². The summed E-state index contributed by atoms with van der Waals surface area (Å²) in [6.45, 7) is 0. The van der Waals surface area contributed by atoms with Crippen molar-refractivity contribution < 1.29 is 4.52 Å². The smallest absolute Gasteiger partial charge is 0.269 e. The fraction of sp³-hybridized carbons (Fsp3) is 0. The van der Waals surface area contributed by atoms with E-state index in [1.165, 1.54) is 11.3 Å². The molecule has 20 heavy (non-hydrogen) atoms. The van der Waals surface area contributed by atoms with Gasteiger partial charge in [-0.25, -0.2) is 0 Å². The first-order valence-electron chi connectivity index (χ1n) is 5.45. The second-order valence-corrected chi connectivity index (χ2v) is 5.65. The summed E-state index contributed by atoms with van der Waals surface area (Å²) in [6, 6.07) is 8.81. The van der Waals surface area contributed by atoms with Gasteiger partial charge in [-0.2, -0.15) is 10.2 Å². The Morgan fingerprint density at radius 1 is 1.20 bits per heavy atom. The number of nitriles is 1. The van der Waals surface area contributed by atoms with Crippen LogP contribution in [-0.2, 0) is 0 Å². The second kappa shape index (κ2) is 5.25. The minimum atomic E-state index is 0.308. The van der Waals surface area contributed by atoms with Crippen molar-refractivity contribution in [2.24, 2.45) is 0 Å². The standard InChI is InChI=1S/C13H5Cl2N3OS/c14-9-3-8(4-10(15)5-9)12-17-13(19-18-12)11-7(6-16)1-2-20-11/h1-5H. The first-order chi connectivity index (χ1) is 9.67. The van der Waals surface area contributed by atoms with Crippen LogP contribution in [0.15, 0.2) is 34.2 Å². The number of aromatic nitrogens is 2. The van der Waals surface area contributed by atoms with Crippen LogP contribution in [0, 0.1) is 11.3 Å². The number of hydrogen-bond acceptors (Lipinski definition) is 5. The zero-order valence-corrected chi connectivity index (χ0v) is 12.1. The summed E-state index contributed by atoms with van der Waals surface area (Å²) < 4.78 is 5.20. The van der Waals surface area contributed by atoms with E-state index < -0.39 is 0 Å². The number of benzene rings is 1. The van der Waals surface area contributed by atoms with E-state index in [1.54, 1.807) is 29.6 Å². The van der Waals surface area contributed by atoms with E-state index in [4.69, 9.17) is 33.0 Å². The monoisotopic (exact) mass is 321 g/mol. The molecule has 0 fully saturated rings. The largest absolute Gasteiger partial charge is 0.333 e. The predicted octanol–water partition coefficient (Wildman–Crippen LogP) is 4.64. The summed E-state index contributed by atoms with van der Waals surface area (Å²) in [5.74, 6) is 0.685. The first kappa shape index (κ1) is 13.1. The lowest BCUT2D eigenvalue weighted by molar-refractivity contribution is 0.433. The predicted molar refractivity (Wildman–Crippen MR) is 77.8 cm³/mol. The molecule has 98 valence electrons. The van der Waals surface area contributed by atoms with Crippen molar-refractivity contribution in [3.8, 4) is 28.2 Å². The van der Waals surface area contributed by atoms with Crippen LogP contribution >= 0.6 is 34.5 Å². The van der Waals surface area contributed by atoms with Gasteiger partial charge < -0.3 is 4.52 Å². The Morgan fingerprint density at radius 3 is 2.65 bits per heavy atom. The topological polar surface area (TPSA) is 62.7 Å². The molecule has 1 aromatic carbocycles. The summed E-state index contributed by atoms with van der Waals surface area (Å²) in [6.07, 6.45) is 0. The summed E-state index contributed by atoms with van der Waals surface area (Å²) in [7, 11) is 0. The van der Waals surface area contributed by atoms with E-state index in [0.29, 0.717) is 37.8 Å². The van der Waals surface area contributed by atoms with Gasteiger partial charge in [0, 0.05) is 15.6 Å². The third-order valence-electron chi connectivity index (χ3n) is 2.53. The highest BCUT2D eigenvalue weighted by Crippen LogP contribution is 2.31. The number of nitrogens with zero attached hydrogens (tertiary/aromatic N) is 3. The Bertz CT molecular complexity index is 799. The molecule has 7 heteroatoms. The van der Waals surface area contributed by atoms with Gasteiger partial charge in [0.15, 0.2) is 0 Å². The SMILES string of the molecule is N#Cc1ccsc1-c1nc(-c2cc(Cl)cc(Cl)c2)no1. The first-order valence-corrected chi connectivity index (χ1v) is 7.09. The number of halogens is 2. The van der Waals surface area contributed by atoms with E-state index >= 15 is 0 Å². The number of thiophene rings is 1. The highest BCUT2D eigenvalue weighted by molar-refractivity contribution is 7.13. The minimum absolute atomic E-state index is 0.308. The number of rotatable bonds is 2. The lowest BCUT2D eigenvalue weighted by Gasteiger charge is -1.96. The van der Waals surface area contributed by atoms with E-state index in [2.05, 4.69) is 16.2 Å². The zero-order chi connectivity index (χ0) is 14.1. The Hall–Kier alpha value is -1.87. The van der Waals surface area contributed by atoms with Crippen molar-refractivity contribution in [2.75, 3.05) is 0 Å². The molecular weight excluding hydrogens is 317 g/mol. The second-order valence-electron chi connectivity index (χ2n) is 3.86. The molecule has 0 saturated carbocycles. The fourth-order valence-corrected chi connectivity index (χ4v) is 2.97. The quantitative estimate of drug-likeness (QED) is 0.689. The third kappa shape index (κ3) is 2.41. The maximum Gasteiger partial charge on any atom is 0.269 e. The molecule has 3 aromatic rings. The van der Waals surface area contributed by atoms with Crippen LogP contribution < -0.4 is 0 Å². The lowest BCUT2D eigenvalue weighted by Crippen LogP contribution is -1.82.